The summed E-state index contributed by atoms with van der Waals surface area (Å²) >= 11 is 4.27. The quantitative estimate of drug-likeness (QED) is 0.576. The van der Waals surface area contributed by atoms with Crippen molar-refractivity contribution in [1.82, 2.24) is 9.80 Å². The minimum absolute atomic E-state index is 0.875. The predicted octanol–water partition coefficient (Wildman–Crippen LogP) is 2.65. The second-order valence-corrected chi connectivity index (χ2v) is 6.07. The highest BCUT2D eigenvalue weighted by molar-refractivity contribution is 7.80. The van der Waals surface area contributed by atoms with Gasteiger partial charge in [0.1, 0.15) is 0 Å². The maximum absolute atomic E-state index is 4.27. The van der Waals surface area contributed by atoms with E-state index in [1.165, 1.54) is 77.7 Å². The largest absolute Gasteiger partial charge is 0.302 e. The van der Waals surface area contributed by atoms with Gasteiger partial charge in [-0.2, -0.15) is 12.6 Å². The van der Waals surface area contributed by atoms with Crippen molar-refractivity contribution >= 4 is 12.6 Å². The van der Waals surface area contributed by atoms with Gasteiger partial charge in [0.05, 0.1) is 0 Å². The number of piperidine rings is 1. The molecule has 1 atom stereocenters. The molecule has 0 saturated carbocycles. The van der Waals surface area contributed by atoms with Crippen LogP contribution in [0, 0.1) is 0 Å². The Morgan fingerprint density at radius 2 is 1.76 bits per heavy atom. The molecule has 0 aliphatic carbocycles. The first-order valence-corrected chi connectivity index (χ1v) is 8.10. The minimum atomic E-state index is 0.875. The second-order valence-electron chi connectivity index (χ2n) is 5.62. The second kappa shape index (κ2) is 7.65. The zero-order valence-electron chi connectivity index (χ0n) is 11.1. The summed E-state index contributed by atoms with van der Waals surface area (Å²) < 4.78 is 0. The van der Waals surface area contributed by atoms with E-state index < -0.39 is 0 Å². The molecule has 0 N–H and O–H groups in total. The lowest BCUT2D eigenvalue weighted by molar-refractivity contribution is 0.162. The van der Waals surface area contributed by atoms with Crippen LogP contribution < -0.4 is 0 Å². The highest BCUT2D eigenvalue weighted by Crippen LogP contribution is 2.20. The Labute approximate surface area is 112 Å². The highest BCUT2D eigenvalue weighted by atomic mass is 32.1. The van der Waals surface area contributed by atoms with E-state index in [2.05, 4.69) is 22.4 Å². The van der Waals surface area contributed by atoms with Crippen molar-refractivity contribution in [3.05, 3.63) is 0 Å². The van der Waals surface area contributed by atoms with Crippen LogP contribution in [0.2, 0.25) is 0 Å². The average Bonchev–Trinajstić information content (AvgIpc) is 2.85. The van der Waals surface area contributed by atoms with E-state index in [1.54, 1.807) is 0 Å². The summed E-state index contributed by atoms with van der Waals surface area (Å²) in [6.07, 6.45) is 9.73. The SMILES string of the molecule is SCCCCCN1CCC(N2CCCCC2)C1. The van der Waals surface area contributed by atoms with Gasteiger partial charge >= 0.3 is 0 Å². The fourth-order valence-corrected chi connectivity index (χ4v) is 3.44. The Hall–Kier alpha value is 0.270. The molecule has 100 valence electrons. The molecule has 0 bridgehead atoms. The van der Waals surface area contributed by atoms with Crippen molar-refractivity contribution in [3.63, 3.8) is 0 Å². The van der Waals surface area contributed by atoms with E-state index >= 15 is 0 Å². The molecule has 2 nitrogen and oxygen atoms in total. The van der Waals surface area contributed by atoms with Gasteiger partial charge in [-0.15, -0.1) is 0 Å². The number of thiol groups is 1. The Bertz CT molecular complexity index is 204. The predicted molar refractivity (Wildman–Crippen MR) is 78.0 cm³/mol. The standard InChI is InChI=1S/C14H28N2S/c17-12-6-2-3-8-15-11-7-14(13-15)16-9-4-1-5-10-16/h14,17H,1-13H2. The average molecular weight is 256 g/mol. The first kappa shape index (κ1) is 13.7. The van der Waals surface area contributed by atoms with Gasteiger partial charge in [0.15, 0.2) is 0 Å². The summed E-state index contributed by atoms with van der Waals surface area (Å²) in [5.41, 5.74) is 0. The van der Waals surface area contributed by atoms with Crippen LogP contribution in [0.25, 0.3) is 0 Å². The third-order valence-corrected chi connectivity index (χ3v) is 4.60. The van der Waals surface area contributed by atoms with E-state index in [0.29, 0.717) is 0 Å². The Morgan fingerprint density at radius 1 is 0.941 bits per heavy atom. The van der Waals surface area contributed by atoms with Gasteiger partial charge in [0.2, 0.25) is 0 Å². The molecule has 1 unspecified atom stereocenters. The van der Waals surface area contributed by atoms with Crippen LogP contribution in [-0.4, -0.2) is 54.3 Å². The fraction of sp³-hybridized carbons (Fsp3) is 1.00. The number of rotatable bonds is 6. The molecule has 2 heterocycles. The van der Waals surface area contributed by atoms with E-state index in [9.17, 15) is 0 Å². The lowest BCUT2D eigenvalue weighted by Gasteiger charge is -2.32. The molecule has 2 aliphatic rings. The maximum Gasteiger partial charge on any atom is 0.0235 e. The fourth-order valence-electron chi connectivity index (χ4n) is 3.22. The van der Waals surface area contributed by atoms with Gasteiger partial charge in [0.25, 0.3) is 0 Å². The number of unbranched alkanes of at least 4 members (excludes halogenated alkanes) is 2. The van der Waals surface area contributed by atoms with Crippen molar-refractivity contribution in [3.8, 4) is 0 Å². The molecule has 0 amide bonds. The minimum Gasteiger partial charge on any atom is -0.302 e. The Balaban J connectivity index is 1.61. The van der Waals surface area contributed by atoms with Crippen molar-refractivity contribution in [2.45, 2.75) is 51.0 Å². The molecule has 0 aromatic rings. The first-order valence-electron chi connectivity index (χ1n) is 7.47. The lowest BCUT2D eigenvalue weighted by Crippen LogP contribution is -2.40. The molecule has 2 rings (SSSR count). The van der Waals surface area contributed by atoms with E-state index in [4.69, 9.17) is 0 Å². The molecule has 2 fully saturated rings. The van der Waals surface area contributed by atoms with Gasteiger partial charge in [-0.1, -0.05) is 12.8 Å². The summed E-state index contributed by atoms with van der Waals surface area (Å²) in [4.78, 5) is 5.43. The maximum atomic E-state index is 4.27. The Kier molecular flexibility index (Phi) is 6.16. The molecule has 0 radical (unpaired) electrons. The van der Waals surface area contributed by atoms with Crippen LogP contribution in [0.1, 0.15) is 44.9 Å². The molecule has 0 spiro atoms. The highest BCUT2D eigenvalue weighted by Gasteiger charge is 2.27. The number of nitrogens with zero attached hydrogens (tertiary/aromatic N) is 2. The van der Waals surface area contributed by atoms with Crippen LogP contribution in [0.4, 0.5) is 0 Å². The first-order chi connectivity index (χ1) is 8.40. The smallest absolute Gasteiger partial charge is 0.0235 e. The molecule has 0 aromatic carbocycles. The topological polar surface area (TPSA) is 6.48 Å². The molecule has 2 saturated heterocycles. The van der Waals surface area contributed by atoms with Crippen LogP contribution >= 0.6 is 12.6 Å². The van der Waals surface area contributed by atoms with Crippen molar-refractivity contribution < 1.29 is 0 Å². The normalized spacial score (nSPS) is 27.7. The molecule has 0 aromatic heterocycles. The number of hydrogen-bond donors (Lipinski definition) is 1. The zero-order chi connectivity index (χ0) is 11.9. The lowest BCUT2D eigenvalue weighted by atomic mass is 10.1. The van der Waals surface area contributed by atoms with Gasteiger partial charge in [-0.25, -0.2) is 0 Å². The van der Waals surface area contributed by atoms with Crippen LogP contribution in [-0.2, 0) is 0 Å². The van der Waals surface area contributed by atoms with Gasteiger partial charge in [-0.05, 0) is 64.0 Å². The van der Waals surface area contributed by atoms with Crippen molar-refractivity contribution in [2.75, 3.05) is 38.5 Å². The summed E-state index contributed by atoms with van der Waals surface area (Å²) in [5, 5.41) is 0. The molecule has 17 heavy (non-hydrogen) atoms. The van der Waals surface area contributed by atoms with E-state index in [0.717, 1.165) is 11.8 Å². The van der Waals surface area contributed by atoms with E-state index in [1.807, 2.05) is 0 Å². The van der Waals surface area contributed by atoms with Crippen molar-refractivity contribution in [2.24, 2.45) is 0 Å². The summed E-state index contributed by atoms with van der Waals surface area (Å²) in [5.74, 6) is 1.05. The van der Waals surface area contributed by atoms with Gasteiger partial charge < -0.3 is 4.90 Å². The molecule has 2 aliphatic heterocycles. The molecule has 3 heteroatoms. The van der Waals surface area contributed by atoms with E-state index in [-0.39, 0.29) is 0 Å². The third-order valence-electron chi connectivity index (χ3n) is 4.29. The van der Waals surface area contributed by atoms with Crippen molar-refractivity contribution in [1.29, 1.82) is 0 Å². The van der Waals surface area contributed by atoms with Crippen LogP contribution in [0.3, 0.4) is 0 Å². The monoisotopic (exact) mass is 256 g/mol. The van der Waals surface area contributed by atoms with Crippen LogP contribution in [0.5, 0.6) is 0 Å². The third kappa shape index (κ3) is 4.46. The Morgan fingerprint density at radius 3 is 2.53 bits per heavy atom. The van der Waals surface area contributed by atoms with Gasteiger partial charge in [-0.3, -0.25) is 4.90 Å². The summed E-state index contributed by atoms with van der Waals surface area (Å²) in [6.45, 7) is 6.71. The number of likely N-dealkylation sites (tertiary alicyclic amines) is 2. The van der Waals surface area contributed by atoms with Crippen LogP contribution in [0.15, 0.2) is 0 Å². The zero-order valence-corrected chi connectivity index (χ0v) is 12.0. The molecular formula is C14H28N2S. The van der Waals surface area contributed by atoms with Gasteiger partial charge in [0, 0.05) is 12.6 Å². The number of hydrogen-bond acceptors (Lipinski definition) is 3. The summed E-state index contributed by atoms with van der Waals surface area (Å²) in [6, 6.07) is 0.875. The molecular weight excluding hydrogens is 228 g/mol. The summed E-state index contributed by atoms with van der Waals surface area (Å²) in [7, 11) is 0.